The van der Waals surface area contributed by atoms with Crippen molar-refractivity contribution in [2.45, 2.75) is 6.04 Å². The van der Waals surface area contributed by atoms with Crippen LogP contribution < -0.4 is 5.43 Å². The highest BCUT2D eigenvalue weighted by Crippen LogP contribution is 2.24. The molecule has 0 saturated carbocycles. The third-order valence-electron chi connectivity index (χ3n) is 2.78. The van der Waals surface area contributed by atoms with E-state index in [0.29, 0.717) is 22.3 Å². The van der Waals surface area contributed by atoms with Gasteiger partial charge in [-0.3, -0.25) is 0 Å². The number of hydrogen-bond donors (Lipinski definition) is 2. The molecule has 18 heavy (non-hydrogen) atoms. The van der Waals surface area contributed by atoms with Crippen LogP contribution in [-0.4, -0.2) is 41.4 Å². The Balaban J connectivity index is 2.31. The van der Waals surface area contributed by atoms with Crippen LogP contribution in [0.5, 0.6) is 0 Å². The number of benzene rings is 1. The predicted octanol–water partition coefficient (Wildman–Crippen LogP) is 2.28. The van der Waals surface area contributed by atoms with Crippen molar-refractivity contribution in [1.29, 1.82) is 0 Å². The van der Waals surface area contributed by atoms with E-state index in [0.717, 1.165) is 5.56 Å². The quantitative estimate of drug-likeness (QED) is 0.877. The van der Waals surface area contributed by atoms with E-state index in [1.54, 1.807) is 18.2 Å². The lowest BCUT2D eigenvalue weighted by atomic mass is 10.0. The molecule has 0 bridgehead atoms. The highest BCUT2D eigenvalue weighted by atomic mass is 35.5. The summed E-state index contributed by atoms with van der Waals surface area (Å²) in [7, 11) is 1.51. The topological polar surface area (TPSA) is 64.9 Å². The van der Waals surface area contributed by atoms with Crippen molar-refractivity contribution < 1.29 is 9.90 Å². The summed E-state index contributed by atoms with van der Waals surface area (Å²) in [6.45, 7) is 0.443. The second-order valence-electron chi connectivity index (χ2n) is 3.90. The minimum atomic E-state index is -1.00. The molecule has 1 aromatic rings. The van der Waals surface area contributed by atoms with Gasteiger partial charge in [0.15, 0.2) is 0 Å². The molecule has 1 atom stereocenters. The SMILES string of the molecule is CN(C(=O)O)C1CNN=C1c1ccc(Cl)c(Cl)c1. The summed E-state index contributed by atoms with van der Waals surface area (Å²) in [5.41, 5.74) is 4.19. The van der Waals surface area contributed by atoms with Gasteiger partial charge in [-0.25, -0.2) is 4.79 Å². The van der Waals surface area contributed by atoms with Crippen LogP contribution in [0.25, 0.3) is 0 Å². The summed E-state index contributed by atoms with van der Waals surface area (Å²) < 4.78 is 0. The van der Waals surface area contributed by atoms with Gasteiger partial charge in [-0.15, -0.1) is 0 Å². The first kappa shape index (κ1) is 13.0. The number of nitrogens with one attached hydrogen (secondary N) is 1. The number of nitrogens with zero attached hydrogens (tertiary/aromatic N) is 2. The zero-order valence-electron chi connectivity index (χ0n) is 9.52. The van der Waals surface area contributed by atoms with E-state index in [2.05, 4.69) is 10.5 Å². The zero-order valence-corrected chi connectivity index (χ0v) is 11.0. The Morgan fingerprint density at radius 3 is 2.83 bits per heavy atom. The number of rotatable bonds is 2. The minimum absolute atomic E-state index is 0.334. The van der Waals surface area contributed by atoms with Gasteiger partial charge in [-0.05, 0) is 12.1 Å². The van der Waals surface area contributed by atoms with Crippen LogP contribution in [-0.2, 0) is 0 Å². The largest absolute Gasteiger partial charge is 0.465 e. The van der Waals surface area contributed by atoms with Crippen LogP contribution in [0.15, 0.2) is 23.3 Å². The molecule has 1 aliphatic heterocycles. The van der Waals surface area contributed by atoms with Crippen LogP contribution >= 0.6 is 23.2 Å². The smallest absolute Gasteiger partial charge is 0.407 e. The lowest BCUT2D eigenvalue weighted by Gasteiger charge is -2.22. The molecule has 1 aromatic carbocycles. The fourth-order valence-corrected chi connectivity index (χ4v) is 2.05. The number of likely N-dealkylation sites (N-methyl/N-ethyl adjacent to an activating group) is 1. The molecule has 96 valence electrons. The first-order valence-corrected chi connectivity index (χ1v) is 5.98. The van der Waals surface area contributed by atoms with E-state index >= 15 is 0 Å². The standard InChI is InChI=1S/C11H11Cl2N3O2/c1-16(11(17)18)9-5-14-15-10(9)6-2-3-7(12)8(13)4-6/h2-4,9,14H,5H2,1H3,(H,17,18). The maximum atomic E-state index is 11.0. The molecule has 5 nitrogen and oxygen atoms in total. The number of hydrazone groups is 1. The Hall–Kier alpha value is -1.46. The normalized spacial score (nSPS) is 18.2. The Morgan fingerprint density at radius 2 is 2.22 bits per heavy atom. The molecular formula is C11H11Cl2N3O2. The molecule has 2 N–H and O–H groups in total. The number of carboxylic acid groups (broad SMARTS) is 1. The second-order valence-corrected chi connectivity index (χ2v) is 4.71. The lowest BCUT2D eigenvalue weighted by molar-refractivity contribution is 0.150. The number of carbonyl (C=O) groups is 1. The molecule has 1 amide bonds. The van der Waals surface area contributed by atoms with E-state index in [9.17, 15) is 4.79 Å². The fourth-order valence-electron chi connectivity index (χ4n) is 1.75. The first-order chi connectivity index (χ1) is 8.50. The summed E-state index contributed by atoms with van der Waals surface area (Å²) in [4.78, 5) is 12.2. The van der Waals surface area contributed by atoms with E-state index in [-0.39, 0.29) is 6.04 Å². The molecular weight excluding hydrogens is 277 g/mol. The Kier molecular flexibility index (Phi) is 3.63. The van der Waals surface area contributed by atoms with Gasteiger partial charge in [-0.2, -0.15) is 5.10 Å². The number of hydrogen-bond acceptors (Lipinski definition) is 3. The third kappa shape index (κ3) is 2.37. The molecule has 0 aromatic heterocycles. The van der Waals surface area contributed by atoms with Gasteiger partial charge in [0.1, 0.15) is 0 Å². The van der Waals surface area contributed by atoms with Gasteiger partial charge in [0.25, 0.3) is 0 Å². The van der Waals surface area contributed by atoms with Gasteiger partial charge >= 0.3 is 6.09 Å². The average molecular weight is 288 g/mol. The van der Waals surface area contributed by atoms with Crippen LogP contribution in [0.4, 0.5) is 4.79 Å². The highest BCUT2D eigenvalue weighted by Gasteiger charge is 2.29. The van der Waals surface area contributed by atoms with Crippen molar-refractivity contribution in [1.82, 2.24) is 10.3 Å². The van der Waals surface area contributed by atoms with Crippen LogP contribution in [0.1, 0.15) is 5.56 Å². The van der Waals surface area contributed by atoms with Crippen molar-refractivity contribution in [3.05, 3.63) is 33.8 Å². The zero-order chi connectivity index (χ0) is 13.3. The van der Waals surface area contributed by atoms with Crippen LogP contribution in [0.2, 0.25) is 10.0 Å². The highest BCUT2D eigenvalue weighted by molar-refractivity contribution is 6.42. The number of halogens is 2. The molecule has 1 unspecified atom stereocenters. The van der Waals surface area contributed by atoms with E-state index < -0.39 is 6.09 Å². The van der Waals surface area contributed by atoms with Crippen LogP contribution in [0.3, 0.4) is 0 Å². The molecule has 0 aliphatic carbocycles. The Labute approximate surface area is 114 Å². The van der Waals surface area contributed by atoms with E-state index in [4.69, 9.17) is 28.3 Å². The van der Waals surface area contributed by atoms with Crippen LogP contribution in [0, 0.1) is 0 Å². The monoisotopic (exact) mass is 287 g/mol. The Morgan fingerprint density at radius 1 is 1.50 bits per heavy atom. The van der Waals surface area contributed by atoms with Crippen molar-refractivity contribution in [2.24, 2.45) is 5.10 Å². The van der Waals surface area contributed by atoms with Gasteiger partial charge < -0.3 is 15.4 Å². The fraction of sp³-hybridized carbons (Fsp3) is 0.273. The average Bonchev–Trinajstić information content (AvgIpc) is 2.80. The predicted molar refractivity (Wildman–Crippen MR) is 70.6 cm³/mol. The van der Waals surface area contributed by atoms with Gasteiger partial charge in [0, 0.05) is 12.6 Å². The Bertz CT molecular complexity index is 519. The summed E-state index contributed by atoms with van der Waals surface area (Å²) in [5.74, 6) is 0. The molecule has 1 heterocycles. The maximum absolute atomic E-state index is 11.0. The minimum Gasteiger partial charge on any atom is -0.465 e. The summed E-state index contributed by atoms with van der Waals surface area (Å²) in [5, 5.41) is 14.0. The van der Waals surface area contributed by atoms with Crippen molar-refractivity contribution >= 4 is 35.0 Å². The van der Waals surface area contributed by atoms with Gasteiger partial charge in [0.05, 0.1) is 28.3 Å². The third-order valence-corrected chi connectivity index (χ3v) is 3.52. The maximum Gasteiger partial charge on any atom is 0.407 e. The second kappa shape index (κ2) is 5.04. The summed E-state index contributed by atoms with van der Waals surface area (Å²) in [6.07, 6.45) is -1.00. The lowest BCUT2D eigenvalue weighted by Crippen LogP contribution is -2.43. The molecule has 0 saturated heterocycles. The van der Waals surface area contributed by atoms with Gasteiger partial charge in [0.2, 0.25) is 0 Å². The number of amides is 1. The molecule has 0 spiro atoms. The van der Waals surface area contributed by atoms with E-state index in [1.165, 1.54) is 11.9 Å². The molecule has 7 heteroatoms. The molecule has 2 rings (SSSR count). The molecule has 1 aliphatic rings. The molecule has 0 fully saturated rings. The molecule has 0 radical (unpaired) electrons. The first-order valence-electron chi connectivity index (χ1n) is 5.22. The van der Waals surface area contributed by atoms with Crippen molar-refractivity contribution in [3.63, 3.8) is 0 Å². The summed E-state index contributed by atoms with van der Waals surface area (Å²) in [6, 6.07) is 4.78. The summed E-state index contributed by atoms with van der Waals surface area (Å²) >= 11 is 11.8. The van der Waals surface area contributed by atoms with E-state index in [1.807, 2.05) is 0 Å². The van der Waals surface area contributed by atoms with Crippen molar-refractivity contribution in [2.75, 3.05) is 13.6 Å². The van der Waals surface area contributed by atoms with Crippen molar-refractivity contribution in [3.8, 4) is 0 Å². The van der Waals surface area contributed by atoms with Gasteiger partial charge in [-0.1, -0.05) is 29.3 Å².